The van der Waals surface area contributed by atoms with E-state index in [1.165, 1.54) is 38.5 Å². The van der Waals surface area contributed by atoms with Gasteiger partial charge in [-0.25, -0.2) is 0 Å². The molecule has 0 aromatic rings. The van der Waals surface area contributed by atoms with E-state index in [9.17, 15) is 5.11 Å². The van der Waals surface area contributed by atoms with Crippen molar-refractivity contribution in [2.24, 2.45) is 0 Å². The maximum Gasteiger partial charge on any atom is 0.0933 e. The second-order valence-corrected chi connectivity index (χ2v) is 3.83. The highest BCUT2D eigenvalue weighted by Gasteiger charge is 2.03. The van der Waals surface area contributed by atoms with Crippen LogP contribution in [0.1, 0.15) is 71.6 Å². The fourth-order valence-corrected chi connectivity index (χ4v) is 1.46. The lowest BCUT2D eigenvalue weighted by atomic mass is 10.0. The Morgan fingerprint density at radius 2 is 1.23 bits per heavy atom. The van der Waals surface area contributed by atoms with E-state index in [4.69, 9.17) is 0 Å². The van der Waals surface area contributed by atoms with Crippen LogP contribution in [0.25, 0.3) is 0 Å². The molecule has 0 aromatic carbocycles. The van der Waals surface area contributed by atoms with E-state index in [-0.39, 0.29) is 0 Å². The van der Waals surface area contributed by atoms with Crippen molar-refractivity contribution in [1.29, 1.82) is 0 Å². The molecule has 0 spiro atoms. The number of aliphatic hydroxyl groups excluding tert-OH is 1. The monoisotopic (exact) mass is 185 g/mol. The zero-order valence-electron chi connectivity index (χ0n) is 9.31. The predicted molar refractivity (Wildman–Crippen MR) is 58.1 cm³/mol. The van der Waals surface area contributed by atoms with Gasteiger partial charge in [0.1, 0.15) is 0 Å². The molecule has 0 heterocycles. The van der Waals surface area contributed by atoms with E-state index in [0.717, 1.165) is 25.4 Å². The van der Waals surface area contributed by atoms with Crippen molar-refractivity contribution in [2.45, 2.75) is 71.6 Å². The Labute approximate surface area is 83.5 Å². The number of aliphatic hydroxyl groups is 1. The minimum absolute atomic E-state index is 0.726. The van der Waals surface area contributed by atoms with Crippen molar-refractivity contribution in [3.63, 3.8) is 0 Å². The number of rotatable bonds is 9. The SMILES string of the molecule is CCCCCC[C](O)CCCCC. The average molecular weight is 185 g/mol. The molecule has 13 heavy (non-hydrogen) atoms. The fourth-order valence-electron chi connectivity index (χ4n) is 1.46. The molecule has 0 unspecified atom stereocenters. The molecule has 1 heteroatoms. The van der Waals surface area contributed by atoms with Crippen molar-refractivity contribution >= 4 is 0 Å². The third-order valence-electron chi connectivity index (χ3n) is 2.39. The molecule has 0 atom stereocenters. The molecular weight excluding hydrogens is 160 g/mol. The maximum absolute atomic E-state index is 9.49. The lowest BCUT2D eigenvalue weighted by Crippen LogP contribution is -1.95. The van der Waals surface area contributed by atoms with Gasteiger partial charge in [-0.2, -0.15) is 0 Å². The van der Waals surface area contributed by atoms with Gasteiger partial charge in [0, 0.05) is 0 Å². The van der Waals surface area contributed by atoms with E-state index in [1.807, 2.05) is 0 Å². The highest BCUT2D eigenvalue weighted by molar-refractivity contribution is 4.74. The molecule has 0 saturated carbocycles. The van der Waals surface area contributed by atoms with E-state index in [1.54, 1.807) is 0 Å². The van der Waals surface area contributed by atoms with Crippen LogP contribution in [0.4, 0.5) is 0 Å². The molecule has 1 nitrogen and oxygen atoms in total. The van der Waals surface area contributed by atoms with Crippen LogP contribution >= 0.6 is 0 Å². The van der Waals surface area contributed by atoms with Crippen LogP contribution < -0.4 is 0 Å². The van der Waals surface area contributed by atoms with Gasteiger partial charge >= 0.3 is 0 Å². The standard InChI is InChI=1S/C12H25O/c1-3-5-7-9-11-12(13)10-8-6-4-2/h13H,3-11H2,1-2H3. The first kappa shape index (κ1) is 13.0. The molecular formula is C12H25O. The summed E-state index contributed by atoms with van der Waals surface area (Å²) in [4.78, 5) is 0. The zero-order valence-corrected chi connectivity index (χ0v) is 9.31. The fraction of sp³-hybridized carbons (Fsp3) is 0.917. The van der Waals surface area contributed by atoms with Crippen molar-refractivity contribution in [1.82, 2.24) is 0 Å². The summed E-state index contributed by atoms with van der Waals surface area (Å²) < 4.78 is 0. The largest absolute Gasteiger partial charge is 0.387 e. The Morgan fingerprint density at radius 1 is 0.769 bits per heavy atom. The summed E-state index contributed by atoms with van der Waals surface area (Å²) in [5.41, 5.74) is 0. The summed E-state index contributed by atoms with van der Waals surface area (Å²) in [5, 5.41) is 9.49. The maximum atomic E-state index is 9.49. The first-order chi connectivity index (χ1) is 6.31. The summed E-state index contributed by atoms with van der Waals surface area (Å²) in [5.74, 6) is 0. The van der Waals surface area contributed by atoms with Crippen molar-refractivity contribution < 1.29 is 5.11 Å². The number of hydrogen-bond donors (Lipinski definition) is 1. The first-order valence-electron chi connectivity index (χ1n) is 5.84. The molecule has 0 amide bonds. The van der Waals surface area contributed by atoms with Gasteiger partial charge in [-0.3, -0.25) is 0 Å². The molecule has 79 valence electrons. The molecule has 0 aliphatic heterocycles. The molecule has 0 bridgehead atoms. The van der Waals surface area contributed by atoms with Gasteiger partial charge in [-0.05, 0) is 12.8 Å². The van der Waals surface area contributed by atoms with Gasteiger partial charge in [-0.1, -0.05) is 58.8 Å². The van der Waals surface area contributed by atoms with E-state index < -0.39 is 0 Å². The zero-order chi connectivity index (χ0) is 9.94. The summed E-state index contributed by atoms with van der Waals surface area (Å²) in [6.45, 7) is 4.41. The summed E-state index contributed by atoms with van der Waals surface area (Å²) in [7, 11) is 0. The topological polar surface area (TPSA) is 20.2 Å². The van der Waals surface area contributed by atoms with Crippen LogP contribution in [0.5, 0.6) is 0 Å². The molecule has 0 aliphatic carbocycles. The third kappa shape index (κ3) is 9.88. The summed E-state index contributed by atoms with van der Waals surface area (Å²) in [6, 6.07) is 0. The number of hydrogen-bond acceptors (Lipinski definition) is 1. The molecule has 0 fully saturated rings. The average Bonchev–Trinajstić information content (AvgIpc) is 2.13. The number of unbranched alkanes of at least 4 members (excludes halogenated alkanes) is 5. The summed E-state index contributed by atoms with van der Waals surface area (Å²) >= 11 is 0. The van der Waals surface area contributed by atoms with Gasteiger partial charge in [0.2, 0.25) is 0 Å². The molecule has 1 radical (unpaired) electrons. The highest BCUT2D eigenvalue weighted by atomic mass is 16.3. The van der Waals surface area contributed by atoms with Gasteiger partial charge in [0.15, 0.2) is 0 Å². The van der Waals surface area contributed by atoms with Crippen molar-refractivity contribution in [3.8, 4) is 0 Å². The van der Waals surface area contributed by atoms with E-state index in [0.29, 0.717) is 0 Å². The van der Waals surface area contributed by atoms with E-state index >= 15 is 0 Å². The molecule has 0 saturated heterocycles. The van der Waals surface area contributed by atoms with Crippen LogP contribution in [0.15, 0.2) is 0 Å². The van der Waals surface area contributed by atoms with E-state index in [2.05, 4.69) is 13.8 Å². The minimum Gasteiger partial charge on any atom is -0.387 e. The Hall–Kier alpha value is -0.0400. The first-order valence-corrected chi connectivity index (χ1v) is 5.84. The van der Waals surface area contributed by atoms with Gasteiger partial charge in [0.05, 0.1) is 6.10 Å². The molecule has 0 rings (SSSR count). The molecule has 0 aliphatic rings. The second kappa shape index (κ2) is 10.0. The Morgan fingerprint density at radius 3 is 1.77 bits per heavy atom. The lowest BCUT2D eigenvalue weighted by Gasteiger charge is -2.07. The third-order valence-corrected chi connectivity index (χ3v) is 2.39. The van der Waals surface area contributed by atoms with Crippen molar-refractivity contribution in [3.05, 3.63) is 6.10 Å². The predicted octanol–water partition coefficient (Wildman–Crippen LogP) is 4.44. The van der Waals surface area contributed by atoms with Gasteiger partial charge in [-0.15, -0.1) is 0 Å². The Bertz CT molecular complexity index is 91.1. The normalized spacial score (nSPS) is 11.1. The van der Waals surface area contributed by atoms with Crippen LogP contribution in [0, 0.1) is 6.10 Å². The van der Waals surface area contributed by atoms with Crippen LogP contribution in [0.2, 0.25) is 0 Å². The molecule has 0 aromatic heterocycles. The smallest absolute Gasteiger partial charge is 0.0933 e. The minimum atomic E-state index is 0.726. The summed E-state index contributed by atoms with van der Waals surface area (Å²) in [6.07, 6.45) is 11.3. The van der Waals surface area contributed by atoms with Crippen LogP contribution in [-0.4, -0.2) is 5.11 Å². The van der Waals surface area contributed by atoms with Gasteiger partial charge < -0.3 is 5.11 Å². The molecule has 1 N–H and O–H groups in total. The lowest BCUT2D eigenvalue weighted by molar-refractivity contribution is 0.258. The second-order valence-electron chi connectivity index (χ2n) is 3.83. The van der Waals surface area contributed by atoms with Crippen LogP contribution in [0.3, 0.4) is 0 Å². The Balaban J connectivity index is 3.05. The quantitative estimate of drug-likeness (QED) is 0.526. The highest BCUT2D eigenvalue weighted by Crippen LogP contribution is 2.16. The van der Waals surface area contributed by atoms with Gasteiger partial charge in [0.25, 0.3) is 0 Å². The van der Waals surface area contributed by atoms with Crippen LogP contribution in [-0.2, 0) is 0 Å². The Kier molecular flexibility index (Phi) is 10.0. The van der Waals surface area contributed by atoms with Crippen molar-refractivity contribution in [2.75, 3.05) is 0 Å².